The third-order valence-electron chi connectivity index (χ3n) is 4.97. The zero-order valence-corrected chi connectivity index (χ0v) is 17.8. The van der Waals surface area contributed by atoms with Crippen LogP contribution in [0.15, 0.2) is 42.5 Å². The summed E-state index contributed by atoms with van der Waals surface area (Å²) in [6.45, 7) is 0.745. The second kappa shape index (κ2) is 9.49. The van der Waals surface area contributed by atoms with Gasteiger partial charge in [0.05, 0.1) is 6.04 Å². The Morgan fingerprint density at radius 3 is 2.27 bits per heavy atom. The van der Waals surface area contributed by atoms with E-state index >= 15 is 0 Å². The number of nitrogens with zero attached hydrogens (tertiary/aromatic N) is 2. The summed E-state index contributed by atoms with van der Waals surface area (Å²) in [4.78, 5) is 28.5. The van der Waals surface area contributed by atoms with Crippen LogP contribution < -0.4 is 25.0 Å². The van der Waals surface area contributed by atoms with Crippen molar-refractivity contribution in [2.45, 2.75) is 12.6 Å². The number of hydrogen-bond donors (Lipinski definition) is 2. The fraction of sp³-hybridized carbons (Fsp3) is 0.364. The van der Waals surface area contributed by atoms with Crippen molar-refractivity contribution in [2.75, 3.05) is 46.4 Å². The highest BCUT2D eigenvalue weighted by Crippen LogP contribution is 2.32. The van der Waals surface area contributed by atoms with Crippen molar-refractivity contribution in [3.63, 3.8) is 0 Å². The van der Waals surface area contributed by atoms with Crippen LogP contribution >= 0.6 is 0 Å². The summed E-state index contributed by atoms with van der Waals surface area (Å²) in [5.74, 6) is -0.0166. The zero-order chi connectivity index (χ0) is 21.7. The van der Waals surface area contributed by atoms with Crippen LogP contribution in [0.1, 0.15) is 17.2 Å². The van der Waals surface area contributed by atoms with E-state index in [-0.39, 0.29) is 19.4 Å². The molecule has 8 nitrogen and oxygen atoms in total. The molecule has 3 rings (SSSR count). The highest BCUT2D eigenvalue weighted by Gasteiger charge is 2.19. The average Bonchev–Trinajstić information content (AvgIpc) is 3.20. The second-order valence-corrected chi connectivity index (χ2v) is 7.55. The Hall–Kier alpha value is -3.26. The highest BCUT2D eigenvalue weighted by molar-refractivity contribution is 6.35. The number of amides is 2. The Kier molecular flexibility index (Phi) is 6.79. The van der Waals surface area contributed by atoms with E-state index in [1.165, 1.54) is 0 Å². The number of carbonyl (C=O) groups is 2. The van der Waals surface area contributed by atoms with Crippen LogP contribution in [0, 0.1) is 0 Å². The number of fused-ring (bicyclic) bond motifs is 1. The molecule has 30 heavy (non-hydrogen) atoms. The van der Waals surface area contributed by atoms with Crippen molar-refractivity contribution in [2.24, 2.45) is 0 Å². The number of hydrogen-bond acceptors (Lipinski definition) is 6. The molecule has 2 aromatic rings. The lowest BCUT2D eigenvalue weighted by Gasteiger charge is -2.25. The molecule has 0 spiro atoms. The minimum Gasteiger partial charge on any atom is -0.454 e. The van der Waals surface area contributed by atoms with Crippen molar-refractivity contribution < 1.29 is 19.1 Å². The first-order valence-electron chi connectivity index (χ1n) is 9.73. The quantitative estimate of drug-likeness (QED) is 0.671. The molecule has 1 atom stereocenters. The van der Waals surface area contributed by atoms with Crippen LogP contribution in [0.25, 0.3) is 0 Å². The van der Waals surface area contributed by atoms with Crippen molar-refractivity contribution in [1.29, 1.82) is 0 Å². The summed E-state index contributed by atoms with van der Waals surface area (Å²) in [6.07, 6.45) is 0. The van der Waals surface area contributed by atoms with Gasteiger partial charge in [0, 0.05) is 32.9 Å². The van der Waals surface area contributed by atoms with Crippen LogP contribution in [0.5, 0.6) is 11.5 Å². The van der Waals surface area contributed by atoms with Crippen molar-refractivity contribution in [1.82, 2.24) is 15.5 Å². The third-order valence-corrected chi connectivity index (χ3v) is 4.97. The molecular weight excluding hydrogens is 384 g/mol. The first-order valence-corrected chi connectivity index (χ1v) is 9.73. The summed E-state index contributed by atoms with van der Waals surface area (Å²) in [6, 6.07) is 13.5. The molecule has 1 heterocycles. The Morgan fingerprint density at radius 2 is 1.60 bits per heavy atom. The first-order chi connectivity index (χ1) is 14.3. The van der Waals surface area contributed by atoms with Gasteiger partial charge in [0.1, 0.15) is 0 Å². The van der Waals surface area contributed by atoms with Gasteiger partial charge in [-0.15, -0.1) is 0 Å². The van der Waals surface area contributed by atoms with Crippen molar-refractivity contribution >= 4 is 17.5 Å². The van der Waals surface area contributed by atoms with Crippen LogP contribution in [-0.2, 0) is 16.1 Å². The molecule has 2 N–H and O–H groups in total. The van der Waals surface area contributed by atoms with Crippen molar-refractivity contribution in [3.8, 4) is 11.5 Å². The Bertz CT molecular complexity index is 897. The molecule has 2 amide bonds. The van der Waals surface area contributed by atoms with Gasteiger partial charge >= 0.3 is 11.8 Å². The van der Waals surface area contributed by atoms with E-state index < -0.39 is 11.8 Å². The van der Waals surface area contributed by atoms with Gasteiger partial charge in [-0.25, -0.2) is 0 Å². The minimum atomic E-state index is -0.673. The summed E-state index contributed by atoms with van der Waals surface area (Å²) in [5, 5.41) is 5.37. The number of nitrogens with one attached hydrogen (secondary N) is 2. The average molecular weight is 412 g/mol. The number of rotatable bonds is 7. The normalized spacial score (nSPS) is 13.1. The van der Waals surface area contributed by atoms with Gasteiger partial charge in [-0.2, -0.15) is 0 Å². The predicted octanol–water partition coefficient (Wildman–Crippen LogP) is 1.52. The predicted molar refractivity (Wildman–Crippen MR) is 115 cm³/mol. The Labute approximate surface area is 176 Å². The third kappa shape index (κ3) is 5.21. The van der Waals surface area contributed by atoms with Crippen molar-refractivity contribution in [3.05, 3.63) is 53.6 Å². The lowest BCUT2D eigenvalue weighted by atomic mass is 10.1. The van der Waals surface area contributed by atoms with Gasteiger partial charge in [0.15, 0.2) is 11.5 Å². The van der Waals surface area contributed by atoms with Crippen LogP contribution in [-0.4, -0.2) is 58.2 Å². The van der Waals surface area contributed by atoms with E-state index in [0.717, 1.165) is 16.8 Å². The first kappa shape index (κ1) is 21.4. The van der Waals surface area contributed by atoms with Gasteiger partial charge in [0.2, 0.25) is 6.79 Å². The summed E-state index contributed by atoms with van der Waals surface area (Å²) in [5.41, 5.74) is 2.99. The van der Waals surface area contributed by atoms with Gasteiger partial charge < -0.3 is 29.9 Å². The molecule has 0 bridgehead atoms. The van der Waals surface area contributed by atoms with Gasteiger partial charge in [-0.05, 0) is 49.5 Å². The SMILES string of the molecule is CN(C)c1ccc([C@H](CNC(=O)C(=O)NCc2ccc3c(c2)OCO3)N(C)C)cc1. The molecule has 1 aliphatic rings. The van der Waals surface area contributed by atoms with Gasteiger partial charge in [-0.3, -0.25) is 9.59 Å². The smallest absolute Gasteiger partial charge is 0.309 e. The summed E-state index contributed by atoms with van der Waals surface area (Å²) in [7, 11) is 7.86. The largest absolute Gasteiger partial charge is 0.454 e. The van der Waals surface area contributed by atoms with E-state index in [1.807, 2.05) is 68.3 Å². The number of carbonyl (C=O) groups excluding carboxylic acids is 2. The molecule has 0 saturated carbocycles. The van der Waals surface area contributed by atoms with E-state index in [4.69, 9.17) is 9.47 Å². The molecule has 0 aromatic heterocycles. The number of likely N-dealkylation sites (N-methyl/N-ethyl adjacent to an activating group) is 1. The molecule has 0 saturated heterocycles. The maximum Gasteiger partial charge on any atom is 0.309 e. The van der Waals surface area contributed by atoms with Crippen LogP contribution in [0.3, 0.4) is 0 Å². The summed E-state index contributed by atoms with van der Waals surface area (Å²) < 4.78 is 10.6. The fourth-order valence-electron chi connectivity index (χ4n) is 3.18. The Morgan fingerprint density at radius 1 is 0.933 bits per heavy atom. The molecule has 2 aromatic carbocycles. The van der Waals surface area contributed by atoms with E-state index in [2.05, 4.69) is 10.6 Å². The lowest BCUT2D eigenvalue weighted by Crippen LogP contribution is -2.42. The lowest BCUT2D eigenvalue weighted by molar-refractivity contribution is -0.139. The molecule has 0 radical (unpaired) electrons. The molecule has 0 aliphatic carbocycles. The topological polar surface area (TPSA) is 83.1 Å². The Balaban J connectivity index is 1.52. The second-order valence-electron chi connectivity index (χ2n) is 7.55. The monoisotopic (exact) mass is 412 g/mol. The molecular formula is C22H28N4O4. The van der Waals surface area contributed by atoms with E-state index in [0.29, 0.717) is 18.0 Å². The standard InChI is InChI=1S/C22H28N4O4/c1-25(2)17-8-6-16(7-9-17)18(26(3)4)13-24-22(28)21(27)23-12-15-5-10-19-20(11-15)30-14-29-19/h5-11,18H,12-14H2,1-4H3,(H,23,27)(H,24,28)/t18-/m0/s1. The molecule has 1 aliphatic heterocycles. The highest BCUT2D eigenvalue weighted by atomic mass is 16.7. The van der Waals surface area contributed by atoms with E-state index in [9.17, 15) is 9.59 Å². The maximum absolute atomic E-state index is 12.3. The minimum absolute atomic E-state index is 0.0492. The maximum atomic E-state index is 12.3. The van der Waals surface area contributed by atoms with Gasteiger partial charge in [0.25, 0.3) is 0 Å². The molecule has 8 heteroatoms. The zero-order valence-electron chi connectivity index (χ0n) is 17.8. The number of ether oxygens (including phenoxy) is 2. The molecule has 0 unspecified atom stereocenters. The summed E-state index contributed by atoms with van der Waals surface area (Å²) >= 11 is 0. The molecule has 160 valence electrons. The number of benzene rings is 2. The van der Waals surface area contributed by atoms with Gasteiger partial charge in [-0.1, -0.05) is 18.2 Å². The van der Waals surface area contributed by atoms with Crippen LogP contribution in [0.4, 0.5) is 5.69 Å². The van der Waals surface area contributed by atoms with Crippen LogP contribution in [0.2, 0.25) is 0 Å². The molecule has 0 fully saturated rings. The number of anilines is 1. The van der Waals surface area contributed by atoms with E-state index in [1.54, 1.807) is 12.1 Å². The fourth-order valence-corrected chi connectivity index (χ4v) is 3.18.